The molecule has 0 bridgehead atoms. The maximum atomic E-state index is 13.0. The van der Waals surface area contributed by atoms with Gasteiger partial charge in [-0.2, -0.15) is 0 Å². The molecule has 1 aliphatic carbocycles. The van der Waals surface area contributed by atoms with Gasteiger partial charge in [-0.1, -0.05) is 65.8 Å². The molecule has 0 atom stereocenters. The minimum absolute atomic E-state index is 0. The molecular weight excluding hydrogens is 396 g/mol. The number of hydrogen-bond donors (Lipinski definition) is 0. The quantitative estimate of drug-likeness (QED) is 0.607. The molecule has 0 spiro atoms. The van der Waals surface area contributed by atoms with Gasteiger partial charge in [0.25, 0.3) is 0 Å². The van der Waals surface area contributed by atoms with Crippen molar-refractivity contribution in [3.8, 4) is 0 Å². The van der Waals surface area contributed by atoms with Crippen molar-refractivity contribution >= 4 is 23.0 Å². The molecule has 1 heterocycles. The van der Waals surface area contributed by atoms with E-state index in [0.717, 1.165) is 22.3 Å². The molecular formula is C22H24NO2Rb. The first kappa shape index (κ1) is 21.7. The maximum absolute atomic E-state index is 13.0. The third-order valence-corrected chi connectivity index (χ3v) is 4.60. The largest absolute Gasteiger partial charge is 1.00 e. The second kappa shape index (κ2) is 7.42. The maximum Gasteiger partial charge on any atom is 1.00 e. The molecule has 2 aliphatic rings. The van der Waals surface area contributed by atoms with Crippen molar-refractivity contribution in [3.05, 3.63) is 64.0 Å². The Morgan fingerprint density at radius 3 is 1.81 bits per heavy atom. The number of amides is 1. The van der Waals surface area contributed by atoms with Crippen molar-refractivity contribution in [2.75, 3.05) is 0 Å². The van der Waals surface area contributed by atoms with Crippen LogP contribution in [-0.2, 0) is 9.59 Å². The smallest absolute Gasteiger partial charge is 0.622 e. The van der Waals surface area contributed by atoms with E-state index in [-0.39, 0.29) is 80.7 Å². The van der Waals surface area contributed by atoms with E-state index in [0.29, 0.717) is 11.3 Å². The van der Waals surface area contributed by atoms with E-state index in [2.05, 4.69) is 5.32 Å². The van der Waals surface area contributed by atoms with Crippen LogP contribution in [0.1, 0.15) is 47.1 Å². The molecule has 0 fully saturated rings. The number of ketones is 1. The van der Waals surface area contributed by atoms with Crippen LogP contribution in [0.25, 0.3) is 10.9 Å². The van der Waals surface area contributed by atoms with E-state index < -0.39 is 0 Å². The number of allylic oxidation sites excluding steroid dienone is 5. The fourth-order valence-corrected chi connectivity index (χ4v) is 3.23. The van der Waals surface area contributed by atoms with Crippen LogP contribution in [0.5, 0.6) is 0 Å². The fourth-order valence-electron chi connectivity index (χ4n) is 3.23. The summed E-state index contributed by atoms with van der Waals surface area (Å²) < 4.78 is 0. The van der Waals surface area contributed by atoms with Crippen LogP contribution in [0.2, 0.25) is 0 Å². The molecule has 4 heteroatoms. The minimum Gasteiger partial charge on any atom is -0.622 e. The van der Waals surface area contributed by atoms with Crippen molar-refractivity contribution in [2.24, 2.45) is 10.8 Å². The molecule has 3 rings (SSSR count). The molecule has 1 aliphatic heterocycles. The van der Waals surface area contributed by atoms with Crippen molar-refractivity contribution in [3.63, 3.8) is 0 Å². The first-order valence-electron chi connectivity index (χ1n) is 8.59. The normalized spacial score (nSPS) is 17.3. The zero-order valence-electron chi connectivity index (χ0n) is 16.7. The summed E-state index contributed by atoms with van der Waals surface area (Å²) >= 11 is 0. The van der Waals surface area contributed by atoms with Crippen molar-refractivity contribution in [1.29, 1.82) is 0 Å². The van der Waals surface area contributed by atoms with Crippen LogP contribution < -0.4 is 58.2 Å². The topological polar surface area (TPSA) is 48.2 Å². The van der Waals surface area contributed by atoms with Crippen LogP contribution in [0, 0.1) is 10.8 Å². The van der Waals surface area contributed by atoms with E-state index >= 15 is 0 Å². The fraction of sp³-hybridized carbons (Fsp3) is 0.364. The molecule has 0 radical (unpaired) electrons. The Bertz CT molecular complexity index is 838. The van der Waals surface area contributed by atoms with Gasteiger partial charge in [0.1, 0.15) is 0 Å². The van der Waals surface area contributed by atoms with E-state index in [1.54, 1.807) is 0 Å². The Labute approximate surface area is 204 Å². The van der Waals surface area contributed by atoms with Gasteiger partial charge in [-0.05, 0) is 34.1 Å². The Morgan fingerprint density at radius 1 is 0.808 bits per heavy atom. The molecule has 1 amide bonds. The van der Waals surface area contributed by atoms with Gasteiger partial charge < -0.3 is 10.1 Å². The van der Waals surface area contributed by atoms with Gasteiger partial charge in [0, 0.05) is 16.7 Å². The standard InChI is InChI=1S/C22H25NO2.Rb/c1-21(2,3)15-11-13(12-16(19(15)24)22(4,5)6)18-14-9-7-8-10-17(14)23-20(18)25;/h7-12H,1-6H3,(H,23,24,25);/q;+1/p-1. The third-order valence-electron chi connectivity index (χ3n) is 4.60. The van der Waals surface area contributed by atoms with Crippen LogP contribution in [-0.4, -0.2) is 11.7 Å². The molecule has 0 N–H and O–H groups in total. The van der Waals surface area contributed by atoms with E-state index in [1.165, 1.54) is 0 Å². The number of nitrogens with zero attached hydrogens (tertiary/aromatic N) is 1. The summed E-state index contributed by atoms with van der Waals surface area (Å²) in [6.45, 7) is 12.2. The van der Waals surface area contributed by atoms with E-state index in [4.69, 9.17) is 0 Å². The second-order valence-electron chi connectivity index (χ2n) is 8.71. The summed E-state index contributed by atoms with van der Waals surface area (Å²) in [4.78, 5) is 25.6. The molecule has 0 aromatic heterocycles. The summed E-state index contributed by atoms with van der Waals surface area (Å²) in [6.07, 6.45) is 3.75. The molecule has 26 heavy (non-hydrogen) atoms. The van der Waals surface area contributed by atoms with Gasteiger partial charge in [0.05, 0.1) is 5.91 Å². The summed E-state index contributed by atoms with van der Waals surface area (Å²) in [7, 11) is 0. The van der Waals surface area contributed by atoms with Crippen LogP contribution in [0.15, 0.2) is 53.1 Å². The Morgan fingerprint density at radius 2 is 1.31 bits per heavy atom. The number of Topliss-reactive ketones (excluding diaryl/α,β-unsaturated/α-hetero) is 1. The molecule has 1 aromatic rings. The minimum atomic E-state index is -0.300. The predicted molar refractivity (Wildman–Crippen MR) is 101 cm³/mol. The number of fused-ring (bicyclic) bond motifs is 1. The van der Waals surface area contributed by atoms with Crippen molar-refractivity contribution < 1.29 is 67.8 Å². The molecule has 3 nitrogen and oxygen atoms in total. The number of carbonyl (C=O) groups is 2. The van der Waals surface area contributed by atoms with Gasteiger partial charge in [-0.15, -0.1) is 5.69 Å². The molecule has 130 valence electrons. The number of rotatable bonds is 0. The number of hydrogen-bond acceptors (Lipinski definition) is 2. The molecule has 0 unspecified atom stereocenters. The Kier molecular flexibility index (Phi) is 6.19. The van der Waals surface area contributed by atoms with Gasteiger partial charge in [-0.25, -0.2) is 0 Å². The summed E-state index contributed by atoms with van der Waals surface area (Å²) in [5, 5.41) is 4.16. The first-order chi connectivity index (χ1) is 11.5. The Hall–Kier alpha value is -0.615. The SMILES string of the molecule is CC(C)(C)C1=CC(=C2C(=O)[N-]c3ccccc32)C=C(C(C)(C)C)C1=O.[Rb+]. The van der Waals surface area contributed by atoms with Gasteiger partial charge in [-0.3, -0.25) is 4.79 Å². The van der Waals surface area contributed by atoms with E-state index in [9.17, 15) is 9.59 Å². The van der Waals surface area contributed by atoms with E-state index in [1.807, 2.05) is 78.0 Å². The number of para-hydroxylation sites is 1. The summed E-state index contributed by atoms with van der Waals surface area (Å²) in [6, 6.07) is 7.54. The number of carbonyl (C=O) groups excluding carboxylic acids is 2. The zero-order valence-corrected chi connectivity index (χ0v) is 21.6. The predicted octanol–water partition coefficient (Wildman–Crippen LogP) is 2.52. The Balaban J connectivity index is 0.00000243. The average molecular weight is 420 g/mol. The second-order valence-corrected chi connectivity index (χ2v) is 8.71. The monoisotopic (exact) mass is 419 g/mol. The summed E-state index contributed by atoms with van der Waals surface area (Å²) in [5.74, 6) is -0.167. The van der Waals surface area contributed by atoms with Crippen LogP contribution in [0.3, 0.4) is 0 Å². The zero-order chi connectivity index (χ0) is 18.6. The number of benzene rings is 1. The first-order valence-corrected chi connectivity index (χ1v) is 8.59. The van der Waals surface area contributed by atoms with Crippen LogP contribution >= 0.6 is 0 Å². The average Bonchev–Trinajstić information content (AvgIpc) is 2.81. The van der Waals surface area contributed by atoms with Crippen molar-refractivity contribution in [1.82, 2.24) is 0 Å². The third kappa shape index (κ3) is 3.96. The molecule has 0 saturated heterocycles. The van der Waals surface area contributed by atoms with Crippen LogP contribution in [0.4, 0.5) is 5.69 Å². The summed E-state index contributed by atoms with van der Waals surface area (Å²) in [5.41, 5.74) is 3.78. The molecule has 0 saturated carbocycles. The van der Waals surface area contributed by atoms with Crippen molar-refractivity contribution in [2.45, 2.75) is 41.5 Å². The van der Waals surface area contributed by atoms with Gasteiger partial charge in [0.15, 0.2) is 5.78 Å². The van der Waals surface area contributed by atoms with Gasteiger partial charge in [0.2, 0.25) is 0 Å². The van der Waals surface area contributed by atoms with Gasteiger partial charge >= 0.3 is 58.2 Å². The molecule has 1 aromatic carbocycles.